The first-order chi connectivity index (χ1) is 35.0. The predicted molar refractivity (Wildman–Crippen MR) is 335 cm³/mol. The second-order valence-corrected chi connectivity index (χ2v) is 29.4. The smallest absolute Gasteiger partial charge is 0.0654 e. The van der Waals surface area contributed by atoms with Crippen LogP contribution in [0.25, 0.3) is 0 Å². The SMILES string of the molecule is CCCCCCCCCCCCC(CCCCCCCC)(CCCCCCCCCCCC)C(CCCCCCCCCCCC)(CCCCCCCCCCCC)[P+](CCCC)(CCCC)CCCC. The van der Waals surface area contributed by atoms with E-state index in [0.29, 0.717) is 10.6 Å². The molecule has 0 saturated carbocycles. The van der Waals surface area contributed by atoms with Crippen molar-refractivity contribution in [3.63, 3.8) is 0 Å². The summed E-state index contributed by atoms with van der Waals surface area (Å²) in [6.07, 6.45) is 89.8. The van der Waals surface area contributed by atoms with Crippen molar-refractivity contribution in [2.75, 3.05) is 18.5 Å². The highest BCUT2D eigenvalue weighted by molar-refractivity contribution is 7.77. The van der Waals surface area contributed by atoms with E-state index in [1.54, 1.807) is 63.4 Å². The molecule has 0 N–H and O–H groups in total. The first kappa shape index (κ1) is 71.4. The summed E-state index contributed by atoms with van der Waals surface area (Å²) in [5.41, 5.74) is 0.555. The van der Waals surface area contributed by atoms with Gasteiger partial charge in [0.25, 0.3) is 0 Å². The summed E-state index contributed by atoms with van der Waals surface area (Å²) < 4.78 is 0. The van der Waals surface area contributed by atoms with Crippen LogP contribution >= 0.6 is 7.26 Å². The van der Waals surface area contributed by atoms with Crippen LogP contribution in [0.5, 0.6) is 0 Å². The minimum Gasteiger partial charge on any atom is -0.0654 e. The minimum atomic E-state index is -1.29. The van der Waals surface area contributed by atoms with Gasteiger partial charge in [0.05, 0.1) is 23.6 Å². The third-order valence-electron chi connectivity index (χ3n) is 18.6. The molecule has 0 aromatic rings. The first-order valence-corrected chi connectivity index (χ1v) is 37.2. The van der Waals surface area contributed by atoms with Crippen LogP contribution in [0.15, 0.2) is 0 Å². The van der Waals surface area contributed by atoms with Crippen molar-refractivity contribution in [2.24, 2.45) is 5.41 Å². The van der Waals surface area contributed by atoms with Gasteiger partial charge < -0.3 is 0 Å². The summed E-state index contributed by atoms with van der Waals surface area (Å²) in [6.45, 7) is 19.6. The van der Waals surface area contributed by atoms with E-state index in [-0.39, 0.29) is 0 Å². The maximum absolute atomic E-state index is 2.57. The zero-order valence-electron chi connectivity index (χ0n) is 51.9. The van der Waals surface area contributed by atoms with E-state index < -0.39 is 7.26 Å². The van der Waals surface area contributed by atoms with E-state index in [2.05, 4.69) is 55.4 Å². The molecule has 0 fully saturated rings. The van der Waals surface area contributed by atoms with Gasteiger partial charge in [-0.25, -0.2) is 0 Å². The van der Waals surface area contributed by atoms with E-state index in [1.807, 2.05) is 0 Å². The lowest BCUT2D eigenvalue weighted by Crippen LogP contribution is -2.52. The van der Waals surface area contributed by atoms with E-state index in [4.69, 9.17) is 0 Å². The topological polar surface area (TPSA) is 0 Å². The predicted octanol–water partition coefficient (Wildman–Crippen LogP) is 27.1. The highest BCUT2D eigenvalue weighted by Crippen LogP contribution is 2.80. The third-order valence-corrected chi connectivity index (χ3v) is 24.9. The molecule has 1 heteroatoms. The molecule has 0 heterocycles. The van der Waals surface area contributed by atoms with Crippen LogP contribution < -0.4 is 0 Å². The standard InChI is InChI=1S/C70H144P/c1-9-17-25-30-35-39-43-47-52-57-62-69(61-56-51-34-29-21-13-5,63-58-53-48-44-40-36-31-26-18-10-2)70(64-59-54-49-45-41-37-32-27-19-11-3,65-60-55-50-46-42-38-33-28-20-12-4)71(66-22-14-6,67-23-15-7)68-24-16-8/h9-68H2,1-8H3/q+1. The molecule has 0 aliphatic heterocycles. The molecule has 0 atom stereocenters. The van der Waals surface area contributed by atoms with Gasteiger partial charge >= 0.3 is 0 Å². The molecule has 0 bridgehead atoms. The summed E-state index contributed by atoms with van der Waals surface area (Å²) in [4.78, 5) is 0. The van der Waals surface area contributed by atoms with E-state index >= 15 is 0 Å². The van der Waals surface area contributed by atoms with Gasteiger partial charge in [-0.1, -0.05) is 357 Å². The molecular formula is C70H144P+. The normalized spacial score (nSPS) is 12.5. The Labute approximate surface area is 455 Å². The molecule has 0 spiro atoms. The van der Waals surface area contributed by atoms with Gasteiger partial charge in [-0.3, -0.25) is 0 Å². The zero-order valence-corrected chi connectivity index (χ0v) is 52.8. The Morgan fingerprint density at radius 3 is 0.507 bits per heavy atom. The Bertz CT molecular complexity index is 912. The lowest BCUT2D eigenvalue weighted by atomic mass is 9.61. The van der Waals surface area contributed by atoms with Gasteiger partial charge in [-0.2, -0.15) is 0 Å². The summed E-state index contributed by atoms with van der Waals surface area (Å²) in [5, 5.41) is 0.599. The van der Waals surface area contributed by atoms with Gasteiger partial charge in [-0.05, 0) is 64.2 Å². The highest BCUT2D eigenvalue weighted by atomic mass is 31.2. The second-order valence-electron chi connectivity index (χ2n) is 24.9. The number of hydrogen-bond acceptors (Lipinski definition) is 0. The van der Waals surface area contributed by atoms with Crippen molar-refractivity contribution in [1.29, 1.82) is 0 Å². The van der Waals surface area contributed by atoms with Crippen LogP contribution in [0, 0.1) is 5.41 Å². The van der Waals surface area contributed by atoms with Gasteiger partial charge in [0.1, 0.15) is 0 Å². The van der Waals surface area contributed by atoms with Crippen LogP contribution in [0.1, 0.15) is 421 Å². The molecule has 0 nitrogen and oxygen atoms in total. The van der Waals surface area contributed by atoms with Crippen molar-refractivity contribution in [3.05, 3.63) is 0 Å². The summed E-state index contributed by atoms with van der Waals surface area (Å²) in [6, 6.07) is 0. The van der Waals surface area contributed by atoms with Gasteiger partial charge in [0, 0.05) is 12.7 Å². The molecule has 0 saturated heterocycles. The molecule has 0 unspecified atom stereocenters. The second kappa shape index (κ2) is 55.2. The average Bonchev–Trinajstić information content (AvgIpc) is 3.38. The third kappa shape index (κ3) is 37.0. The largest absolute Gasteiger partial charge is 0.0855 e. The monoisotopic (exact) mass is 1020 g/mol. The van der Waals surface area contributed by atoms with Crippen LogP contribution in [0.2, 0.25) is 0 Å². The fourth-order valence-electron chi connectivity index (χ4n) is 14.0. The fraction of sp³-hybridized carbons (Fsp3) is 1.00. The van der Waals surface area contributed by atoms with Gasteiger partial charge in [-0.15, -0.1) is 0 Å². The molecule has 0 aliphatic rings. The van der Waals surface area contributed by atoms with Crippen molar-refractivity contribution >= 4 is 7.26 Å². The highest BCUT2D eigenvalue weighted by Gasteiger charge is 2.64. The van der Waals surface area contributed by atoms with Crippen molar-refractivity contribution in [1.82, 2.24) is 0 Å². The van der Waals surface area contributed by atoms with Gasteiger partial charge in [0.2, 0.25) is 0 Å². The zero-order chi connectivity index (χ0) is 51.9. The quantitative estimate of drug-likeness (QED) is 0.0421. The van der Waals surface area contributed by atoms with E-state index in [9.17, 15) is 0 Å². The van der Waals surface area contributed by atoms with Crippen molar-refractivity contribution in [2.45, 2.75) is 427 Å². The molecule has 71 heavy (non-hydrogen) atoms. The molecule has 0 radical (unpaired) electrons. The maximum atomic E-state index is 2.57. The molecular weight excluding hydrogens is 872 g/mol. The summed E-state index contributed by atoms with van der Waals surface area (Å²) >= 11 is 0. The molecule has 0 aromatic heterocycles. The lowest BCUT2D eigenvalue weighted by molar-refractivity contribution is 0.101. The molecule has 0 aliphatic carbocycles. The number of unbranched alkanes of at least 4 members (excludes halogenated alkanes) is 44. The molecule has 0 rings (SSSR count). The van der Waals surface area contributed by atoms with Crippen molar-refractivity contribution < 1.29 is 0 Å². The molecule has 0 amide bonds. The molecule has 428 valence electrons. The van der Waals surface area contributed by atoms with E-state index in [0.717, 1.165) is 0 Å². The van der Waals surface area contributed by atoms with Crippen LogP contribution in [0.4, 0.5) is 0 Å². The van der Waals surface area contributed by atoms with Crippen LogP contribution in [-0.4, -0.2) is 23.6 Å². The fourth-order valence-corrected chi connectivity index (χ4v) is 21.3. The average molecular weight is 1020 g/mol. The van der Waals surface area contributed by atoms with E-state index in [1.165, 1.54) is 321 Å². The van der Waals surface area contributed by atoms with Crippen molar-refractivity contribution in [3.8, 4) is 0 Å². The molecule has 0 aromatic carbocycles. The Morgan fingerprint density at radius 1 is 0.169 bits per heavy atom. The Balaban J connectivity index is 7.46. The van der Waals surface area contributed by atoms with Crippen LogP contribution in [-0.2, 0) is 0 Å². The summed E-state index contributed by atoms with van der Waals surface area (Å²) in [7, 11) is -1.29. The minimum absolute atomic E-state index is 0.555. The lowest BCUT2D eigenvalue weighted by Gasteiger charge is -2.58. The maximum Gasteiger partial charge on any atom is 0.0855 e. The Kier molecular flexibility index (Phi) is 55.5. The van der Waals surface area contributed by atoms with Crippen LogP contribution in [0.3, 0.4) is 0 Å². The Morgan fingerprint density at radius 2 is 0.324 bits per heavy atom. The number of hydrogen-bond donors (Lipinski definition) is 0. The Hall–Kier alpha value is 0.430. The van der Waals surface area contributed by atoms with Gasteiger partial charge in [0.15, 0.2) is 0 Å². The number of rotatable bonds is 62. The first-order valence-electron chi connectivity index (χ1n) is 34.8. The summed E-state index contributed by atoms with van der Waals surface area (Å²) in [5.74, 6) is 0.